The lowest BCUT2D eigenvalue weighted by molar-refractivity contribution is 0.485. The predicted octanol–water partition coefficient (Wildman–Crippen LogP) is 3.35. The summed E-state index contributed by atoms with van der Waals surface area (Å²) in [6, 6.07) is 4.14. The minimum atomic E-state index is 0. The summed E-state index contributed by atoms with van der Waals surface area (Å²) in [6.45, 7) is 7.08. The van der Waals surface area contributed by atoms with Gasteiger partial charge in [0, 0.05) is 38.8 Å². The van der Waals surface area contributed by atoms with Crippen molar-refractivity contribution in [1.82, 2.24) is 20.4 Å². The van der Waals surface area contributed by atoms with Crippen LogP contribution in [0.1, 0.15) is 29.6 Å². The van der Waals surface area contributed by atoms with Crippen molar-refractivity contribution in [3.63, 3.8) is 0 Å². The molecule has 0 aliphatic rings. The number of hydrogen-bond donors (Lipinski definition) is 2. The molecular formula is C17H27BrIN5O. The Labute approximate surface area is 175 Å². The van der Waals surface area contributed by atoms with E-state index in [-0.39, 0.29) is 30.0 Å². The van der Waals surface area contributed by atoms with Crippen LogP contribution in [0, 0.1) is 13.8 Å². The van der Waals surface area contributed by atoms with Crippen molar-refractivity contribution in [2.75, 3.05) is 13.6 Å². The molecule has 0 saturated heterocycles. The summed E-state index contributed by atoms with van der Waals surface area (Å²) in [7, 11) is 3.77. The molecule has 0 spiro atoms. The Bertz CT molecular complexity index is 710. The van der Waals surface area contributed by atoms with E-state index in [4.69, 9.17) is 4.42 Å². The van der Waals surface area contributed by atoms with Gasteiger partial charge in [-0.15, -0.1) is 24.0 Å². The van der Waals surface area contributed by atoms with E-state index >= 15 is 0 Å². The number of hydrogen-bond acceptors (Lipinski definition) is 3. The van der Waals surface area contributed by atoms with E-state index in [2.05, 4.69) is 57.4 Å². The van der Waals surface area contributed by atoms with Crippen LogP contribution in [-0.4, -0.2) is 35.4 Å². The molecule has 0 radical (unpaired) electrons. The Morgan fingerprint density at radius 2 is 2.12 bits per heavy atom. The fourth-order valence-electron chi connectivity index (χ4n) is 2.69. The van der Waals surface area contributed by atoms with Crippen LogP contribution in [0.3, 0.4) is 0 Å². The van der Waals surface area contributed by atoms with Crippen LogP contribution < -0.4 is 10.6 Å². The van der Waals surface area contributed by atoms with Crippen LogP contribution in [0.15, 0.2) is 26.2 Å². The lowest BCUT2D eigenvalue weighted by Gasteiger charge is -2.18. The average molecular weight is 524 g/mol. The molecule has 1 unspecified atom stereocenters. The van der Waals surface area contributed by atoms with Gasteiger partial charge in [-0.05, 0) is 60.8 Å². The second kappa shape index (κ2) is 10.2. The number of rotatable bonds is 6. The number of guanidine groups is 1. The Morgan fingerprint density at radius 3 is 2.64 bits per heavy atom. The van der Waals surface area contributed by atoms with E-state index in [1.54, 1.807) is 7.05 Å². The zero-order chi connectivity index (χ0) is 17.7. The molecule has 2 N–H and O–H groups in total. The molecule has 2 heterocycles. The zero-order valence-corrected chi connectivity index (χ0v) is 19.3. The molecule has 0 saturated carbocycles. The summed E-state index contributed by atoms with van der Waals surface area (Å²) in [6.07, 6.45) is 1.72. The molecular weight excluding hydrogens is 497 g/mol. The standard InChI is InChI=1S/C17H26BrN5O.HI/c1-11(10-15-12(2)22-23(5)13(15)3)21-17(19-4)20-9-8-14-6-7-16(18)24-14;/h6-7,11H,8-10H2,1-5H3,(H2,19,20,21);1H. The van der Waals surface area contributed by atoms with Gasteiger partial charge in [-0.25, -0.2) is 0 Å². The maximum Gasteiger partial charge on any atom is 0.191 e. The van der Waals surface area contributed by atoms with Crippen LogP contribution in [0.2, 0.25) is 0 Å². The number of aryl methyl sites for hydroxylation is 2. The zero-order valence-electron chi connectivity index (χ0n) is 15.4. The number of halogens is 2. The molecule has 0 aromatic carbocycles. The van der Waals surface area contributed by atoms with Crippen LogP contribution in [0.4, 0.5) is 0 Å². The van der Waals surface area contributed by atoms with E-state index < -0.39 is 0 Å². The third kappa shape index (κ3) is 6.32. The first kappa shape index (κ1) is 22.0. The van der Waals surface area contributed by atoms with Gasteiger partial charge in [-0.1, -0.05) is 0 Å². The quantitative estimate of drug-likeness (QED) is 0.346. The highest BCUT2D eigenvalue weighted by atomic mass is 127. The Balaban J connectivity index is 0.00000312. The van der Waals surface area contributed by atoms with E-state index in [9.17, 15) is 0 Å². The second-order valence-corrected chi connectivity index (χ2v) is 6.76. The summed E-state index contributed by atoms with van der Waals surface area (Å²) >= 11 is 3.31. The number of aliphatic imine (C=N–C) groups is 1. The van der Waals surface area contributed by atoms with Gasteiger partial charge in [0.25, 0.3) is 0 Å². The Morgan fingerprint density at radius 1 is 1.40 bits per heavy atom. The molecule has 0 aliphatic carbocycles. The SMILES string of the molecule is CN=C(NCCc1ccc(Br)o1)NC(C)Cc1c(C)nn(C)c1C.I. The van der Waals surface area contributed by atoms with Crippen LogP contribution in [0.5, 0.6) is 0 Å². The van der Waals surface area contributed by atoms with Gasteiger partial charge < -0.3 is 15.1 Å². The van der Waals surface area contributed by atoms with Crippen LogP contribution in [-0.2, 0) is 19.9 Å². The fourth-order valence-corrected chi connectivity index (χ4v) is 3.03. The maximum atomic E-state index is 5.49. The highest BCUT2D eigenvalue weighted by Crippen LogP contribution is 2.15. The average Bonchev–Trinajstić information content (AvgIpc) is 3.05. The summed E-state index contributed by atoms with van der Waals surface area (Å²) in [5, 5.41) is 11.2. The van der Waals surface area contributed by atoms with Gasteiger partial charge in [-0.3, -0.25) is 9.67 Å². The van der Waals surface area contributed by atoms with Gasteiger partial charge in [0.1, 0.15) is 5.76 Å². The number of nitrogens with one attached hydrogen (secondary N) is 2. The normalized spacial score (nSPS) is 12.6. The van der Waals surface area contributed by atoms with Crippen molar-refractivity contribution >= 4 is 45.9 Å². The minimum Gasteiger partial charge on any atom is -0.454 e. The maximum absolute atomic E-state index is 5.49. The molecule has 2 aromatic rings. The topological polar surface area (TPSA) is 67.4 Å². The molecule has 2 rings (SSSR count). The summed E-state index contributed by atoms with van der Waals surface area (Å²) < 4.78 is 8.19. The summed E-state index contributed by atoms with van der Waals surface area (Å²) in [4.78, 5) is 4.29. The van der Waals surface area contributed by atoms with Gasteiger partial charge in [0.2, 0.25) is 0 Å². The van der Waals surface area contributed by atoms with Crippen molar-refractivity contribution in [3.8, 4) is 0 Å². The Hall–Kier alpha value is -1.03. The highest BCUT2D eigenvalue weighted by molar-refractivity contribution is 14.0. The first-order valence-corrected chi connectivity index (χ1v) is 8.90. The number of aromatic nitrogens is 2. The molecule has 0 amide bonds. The van der Waals surface area contributed by atoms with Gasteiger partial charge in [0.05, 0.1) is 5.69 Å². The third-order valence-corrected chi connectivity index (χ3v) is 4.49. The van der Waals surface area contributed by atoms with Gasteiger partial charge >= 0.3 is 0 Å². The molecule has 0 fully saturated rings. The fraction of sp³-hybridized carbons (Fsp3) is 0.529. The van der Waals surface area contributed by atoms with E-state index in [0.717, 1.165) is 41.5 Å². The number of nitrogens with zero attached hydrogens (tertiary/aromatic N) is 3. The van der Waals surface area contributed by atoms with E-state index in [1.165, 1.54) is 11.3 Å². The van der Waals surface area contributed by atoms with Crippen LogP contribution in [0.25, 0.3) is 0 Å². The molecule has 2 aromatic heterocycles. The van der Waals surface area contributed by atoms with Crippen molar-refractivity contribution in [1.29, 1.82) is 0 Å². The predicted molar refractivity (Wildman–Crippen MR) is 116 cm³/mol. The molecule has 25 heavy (non-hydrogen) atoms. The van der Waals surface area contributed by atoms with Crippen LogP contribution >= 0.6 is 39.9 Å². The van der Waals surface area contributed by atoms with E-state index in [1.807, 2.05) is 23.9 Å². The van der Waals surface area contributed by atoms with Crippen molar-refractivity contribution in [2.45, 2.75) is 39.7 Å². The lowest BCUT2D eigenvalue weighted by Crippen LogP contribution is -2.43. The van der Waals surface area contributed by atoms with Crippen molar-refractivity contribution in [2.24, 2.45) is 12.0 Å². The lowest BCUT2D eigenvalue weighted by atomic mass is 10.1. The monoisotopic (exact) mass is 523 g/mol. The first-order chi connectivity index (χ1) is 11.4. The molecule has 8 heteroatoms. The molecule has 0 bridgehead atoms. The molecule has 6 nitrogen and oxygen atoms in total. The van der Waals surface area contributed by atoms with Gasteiger partial charge in [-0.2, -0.15) is 5.10 Å². The second-order valence-electron chi connectivity index (χ2n) is 5.98. The smallest absolute Gasteiger partial charge is 0.191 e. The Kier molecular flexibility index (Phi) is 8.98. The molecule has 140 valence electrons. The molecule has 0 aliphatic heterocycles. The third-order valence-electron chi connectivity index (χ3n) is 4.07. The summed E-state index contributed by atoms with van der Waals surface area (Å²) in [5.41, 5.74) is 3.61. The largest absolute Gasteiger partial charge is 0.454 e. The highest BCUT2D eigenvalue weighted by Gasteiger charge is 2.14. The van der Waals surface area contributed by atoms with Gasteiger partial charge in [0.15, 0.2) is 10.6 Å². The molecule has 1 atom stereocenters. The van der Waals surface area contributed by atoms with Crippen molar-refractivity contribution in [3.05, 3.63) is 39.5 Å². The first-order valence-electron chi connectivity index (χ1n) is 8.11. The van der Waals surface area contributed by atoms with E-state index in [0.29, 0.717) is 0 Å². The van der Waals surface area contributed by atoms with Crippen molar-refractivity contribution < 1.29 is 4.42 Å². The number of furan rings is 1. The summed E-state index contributed by atoms with van der Waals surface area (Å²) in [5.74, 6) is 1.74. The minimum absolute atomic E-state index is 0.